The SMILES string of the molecule is BrC(Cc1cccc2ccccc12)C1C2C3CCC(C3)C12. The average molecular weight is 341 g/mol. The zero-order chi connectivity index (χ0) is 14.0. The van der Waals surface area contributed by atoms with E-state index in [-0.39, 0.29) is 0 Å². The summed E-state index contributed by atoms with van der Waals surface area (Å²) in [6.45, 7) is 0. The number of fused-ring (bicyclic) bond motifs is 6. The van der Waals surface area contributed by atoms with E-state index in [1.807, 2.05) is 0 Å². The summed E-state index contributed by atoms with van der Waals surface area (Å²) in [5, 5.41) is 2.82. The first-order valence-electron chi connectivity index (χ1n) is 8.43. The second-order valence-electron chi connectivity index (χ2n) is 7.42. The molecule has 0 saturated heterocycles. The average Bonchev–Trinajstić information content (AvgIpc) is 2.96. The molecule has 108 valence electrons. The normalized spacial score (nSPS) is 37.7. The van der Waals surface area contributed by atoms with Gasteiger partial charge in [0, 0.05) is 4.83 Å². The Labute approximate surface area is 135 Å². The summed E-state index contributed by atoms with van der Waals surface area (Å²) >= 11 is 4.07. The maximum absolute atomic E-state index is 4.07. The fourth-order valence-electron chi connectivity index (χ4n) is 5.69. The lowest BCUT2D eigenvalue weighted by atomic mass is 9.95. The van der Waals surface area contributed by atoms with Crippen LogP contribution in [-0.2, 0) is 6.42 Å². The number of benzene rings is 2. The van der Waals surface area contributed by atoms with Crippen molar-refractivity contribution in [2.45, 2.75) is 30.5 Å². The van der Waals surface area contributed by atoms with Crippen molar-refractivity contribution in [3.05, 3.63) is 48.0 Å². The molecule has 0 heterocycles. The topological polar surface area (TPSA) is 0 Å². The van der Waals surface area contributed by atoms with E-state index >= 15 is 0 Å². The van der Waals surface area contributed by atoms with Crippen LogP contribution in [0.1, 0.15) is 24.8 Å². The van der Waals surface area contributed by atoms with Crippen molar-refractivity contribution in [1.82, 2.24) is 0 Å². The Bertz CT molecular complexity index is 670. The number of hydrogen-bond donors (Lipinski definition) is 0. The van der Waals surface area contributed by atoms with Gasteiger partial charge < -0.3 is 0 Å². The molecule has 0 nitrogen and oxygen atoms in total. The van der Waals surface area contributed by atoms with Gasteiger partial charge in [-0.25, -0.2) is 0 Å². The Balaban J connectivity index is 1.40. The summed E-state index contributed by atoms with van der Waals surface area (Å²) in [6.07, 6.45) is 5.80. The van der Waals surface area contributed by atoms with Crippen molar-refractivity contribution in [2.75, 3.05) is 0 Å². The minimum atomic E-state index is 0.682. The molecule has 2 aromatic carbocycles. The van der Waals surface area contributed by atoms with Crippen molar-refractivity contribution >= 4 is 26.7 Å². The molecule has 0 aromatic heterocycles. The molecule has 0 N–H and O–H groups in total. The monoisotopic (exact) mass is 340 g/mol. The van der Waals surface area contributed by atoms with Gasteiger partial charge in [0.1, 0.15) is 0 Å². The Morgan fingerprint density at radius 2 is 1.67 bits per heavy atom. The third-order valence-corrected chi connectivity index (χ3v) is 7.44. The molecule has 1 heteroatoms. The molecule has 3 aliphatic carbocycles. The molecule has 0 aliphatic heterocycles. The fourth-order valence-corrected chi connectivity index (χ4v) is 6.75. The van der Waals surface area contributed by atoms with Crippen LogP contribution >= 0.6 is 15.9 Å². The first kappa shape index (κ1) is 12.7. The van der Waals surface area contributed by atoms with E-state index in [4.69, 9.17) is 0 Å². The maximum Gasteiger partial charge on any atom is 0.0220 e. The molecule has 2 bridgehead atoms. The zero-order valence-electron chi connectivity index (χ0n) is 12.2. The predicted molar refractivity (Wildman–Crippen MR) is 91.7 cm³/mol. The predicted octanol–water partition coefficient (Wildman–Crippen LogP) is 5.44. The minimum absolute atomic E-state index is 0.682. The van der Waals surface area contributed by atoms with Gasteiger partial charge in [-0.1, -0.05) is 58.4 Å². The Morgan fingerprint density at radius 3 is 2.48 bits per heavy atom. The van der Waals surface area contributed by atoms with Gasteiger partial charge in [-0.05, 0) is 71.6 Å². The molecule has 5 atom stereocenters. The zero-order valence-corrected chi connectivity index (χ0v) is 13.8. The summed E-state index contributed by atoms with van der Waals surface area (Å²) in [6, 6.07) is 15.6. The Morgan fingerprint density at radius 1 is 0.952 bits per heavy atom. The Kier molecular flexibility index (Phi) is 2.77. The van der Waals surface area contributed by atoms with E-state index < -0.39 is 0 Å². The summed E-state index contributed by atoms with van der Waals surface area (Å²) in [5.41, 5.74) is 1.52. The molecule has 21 heavy (non-hydrogen) atoms. The molecule has 3 aliphatic rings. The summed E-state index contributed by atoms with van der Waals surface area (Å²) in [4.78, 5) is 0.682. The quantitative estimate of drug-likeness (QED) is 0.652. The van der Waals surface area contributed by atoms with E-state index in [2.05, 4.69) is 58.4 Å². The maximum atomic E-state index is 4.07. The number of halogens is 1. The van der Waals surface area contributed by atoms with Gasteiger partial charge in [-0.2, -0.15) is 0 Å². The van der Waals surface area contributed by atoms with E-state index in [0.717, 1.165) is 29.6 Å². The lowest BCUT2D eigenvalue weighted by Crippen LogP contribution is -2.12. The van der Waals surface area contributed by atoms with E-state index in [9.17, 15) is 0 Å². The van der Waals surface area contributed by atoms with Crippen LogP contribution in [0.15, 0.2) is 42.5 Å². The van der Waals surface area contributed by atoms with Gasteiger partial charge in [0.15, 0.2) is 0 Å². The van der Waals surface area contributed by atoms with Crippen LogP contribution in [0.3, 0.4) is 0 Å². The molecule has 0 amide bonds. The second-order valence-corrected chi connectivity index (χ2v) is 8.60. The fraction of sp³-hybridized carbons (Fsp3) is 0.500. The highest BCUT2D eigenvalue weighted by atomic mass is 79.9. The minimum Gasteiger partial charge on any atom is -0.0884 e. The lowest BCUT2D eigenvalue weighted by Gasteiger charge is -2.16. The largest absolute Gasteiger partial charge is 0.0884 e. The molecule has 2 aromatic rings. The van der Waals surface area contributed by atoms with Gasteiger partial charge in [0.05, 0.1) is 0 Å². The molecule has 0 spiro atoms. The molecule has 3 saturated carbocycles. The van der Waals surface area contributed by atoms with Crippen LogP contribution < -0.4 is 0 Å². The third-order valence-electron chi connectivity index (χ3n) is 6.51. The molecule has 3 fully saturated rings. The Hall–Kier alpha value is -0.820. The van der Waals surface area contributed by atoms with E-state index in [1.54, 1.807) is 6.42 Å². The highest BCUT2D eigenvalue weighted by Crippen LogP contribution is 2.71. The molecule has 5 unspecified atom stereocenters. The van der Waals surface area contributed by atoms with Gasteiger partial charge in [-0.15, -0.1) is 0 Å². The molecule has 0 radical (unpaired) electrons. The first-order chi connectivity index (χ1) is 10.3. The highest BCUT2D eigenvalue weighted by Gasteiger charge is 2.66. The van der Waals surface area contributed by atoms with E-state index in [0.29, 0.717) is 4.83 Å². The van der Waals surface area contributed by atoms with Gasteiger partial charge >= 0.3 is 0 Å². The molecule has 5 rings (SSSR count). The van der Waals surface area contributed by atoms with Crippen molar-refractivity contribution in [3.63, 3.8) is 0 Å². The van der Waals surface area contributed by atoms with Crippen molar-refractivity contribution < 1.29 is 0 Å². The van der Waals surface area contributed by atoms with Gasteiger partial charge in [-0.3, -0.25) is 0 Å². The third kappa shape index (κ3) is 1.86. The summed E-state index contributed by atoms with van der Waals surface area (Å²) in [5.74, 6) is 5.27. The van der Waals surface area contributed by atoms with Crippen molar-refractivity contribution in [2.24, 2.45) is 29.6 Å². The molecular weight excluding hydrogens is 320 g/mol. The van der Waals surface area contributed by atoms with Crippen LogP contribution in [0.5, 0.6) is 0 Å². The summed E-state index contributed by atoms with van der Waals surface area (Å²) < 4.78 is 0. The van der Waals surface area contributed by atoms with Crippen molar-refractivity contribution in [1.29, 1.82) is 0 Å². The van der Waals surface area contributed by atoms with Gasteiger partial charge in [0.25, 0.3) is 0 Å². The number of alkyl halides is 1. The molecular formula is C20H21Br. The van der Waals surface area contributed by atoms with Crippen molar-refractivity contribution in [3.8, 4) is 0 Å². The van der Waals surface area contributed by atoms with Crippen LogP contribution in [0, 0.1) is 29.6 Å². The second kappa shape index (κ2) is 4.59. The smallest absolute Gasteiger partial charge is 0.0220 e. The number of hydrogen-bond acceptors (Lipinski definition) is 0. The highest BCUT2D eigenvalue weighted by molar-refractivity contribution is 9.09. The van der Waals surface area contributed by atoms with Crippen LogP contribution in [0.4, 0.5) is 0 Å². The summed E-state index contributed by atoms with van der Waals surface area (Å²) in [7, 11) is 0. The first-order valence-corrected chi connectivity index (χ1v) is 9.35. The van der Waals surface area contributed by atoms with Crippen LogP contribution in [0.25, 0.3) is 10.8 Å². The van der Waals surface area contributed by atoms with Crippen LogP contribution in [0.2, 0.25) is 0 Å². The van der Waals surface area contributed by atoms with Crippen LogP contribution in [-0.4, -0.2) is 4.83 Å². The lowest BCUT2D eigenvalue weighted by molar-refractivity contribution is 0.455. The van der Waals surface area contributed by atoms with Gasteiger partial charge in [0.2, 0.25) is 0 Å². The standard InChI is InChI=1S/C20H21Br/c21-17(20-18-14-8-9-15(10-14)19(18)20)11-13-6-3-5-12-4-1-2-7-16(12)13/h1-7,14-15,17-20H,8-11H2. The number of rotatable bonds is 3. The van der Waals surface area contributed by atoms with E-state index in [1.165, 1.54) is 35.6 Å².